The predicted molar refractivity (Wildman–Crippen MR) is 117 cm³/mol. The highest BCUT2D eigenvalue weighted by Gasteiger charge is 2.29. The number of nitrogens with zero attached hydrogens (tertiary/aromatic N) is 4. The van der Waals surface area contributed by atoms with Crippen molar-refractivity contribution in [2.45, 2.75) is 25.5 Å². The van der Waals surface area contributed by atoms with Gasteiger partial charge in [0.05, 0.1) is 5.69 Å². The lowest BCUT2D eigenvalue weighted by Gasteiger charge is -2.36. The van der Waals surface area contributed by atoms with Crippen LogP contribution in [0.1, 0.15) is 25.5 Å². The lowest BCUT2D eigenvalue weighted by molar-refractivity contribution is 0.0688. The van der Waals surface area contributed by atoms with Crippen molar-refractivity contribution in [2.24, 2.45) is 10.9 Å². The largest absolute Gasteiger partial charge is 0.381 e. The van der Waals surface area contributed by atoms with Crippen molar-refractivity contribution in [3.63, 3.8) is 0 Å². The number of ether oxygens (including phenoxy) is 1. The van der Waals surface area contributed by atoms with Crippen molar-refractivity contribution in [1.29, 1.82) is 0 Å². The molecule has 0 amide bonds. The standard InChI is InChI=1S/C17H29N5O4S.HI/c1-2-18-17(19-13-15-3-10-25-11-4-15)21-6-8-22(9-7-21)27(23,24)14-16-5-12-26-20-16;/h5,12,15H,2-4,6-11,13-14H2,1H3,(H,18,19);1H. The molecule has 0 atom stereocenters. The second kappa shape index (κ2) is 11.3. The van der Waals surface area contributed by atoms with E-state index >= 15 is 0 Å². The van der Waals surface area contributed by atoms with Gasteiger partial charge in [0, 0.05) is 58.5 Å². The SMILES string of the molecule is CCNC(=NCC1CCOCC1)N1CCN(S(=O)(=O)Cc2ccon2)CC1.I. The van der Waals surface area contributed by atoms with Crippen molar-refractivity contribution in [2.75, 3.05) is 52.5 Å². The third-order valence-electron chi connectivity index (χ3n) is 4.93. The minimum Gasteiger partial charge on any atom is -0.381 e. The van der Waals surface area contributed by atoms with E-state index in [1.165, 1.54) is 10.6 Å². The minimum atomic E-state index is -3.39. The molecule has 28 heavy (non-hydrogen) atoms. The number of aliphatic imine (C=N–C) groups is 1. The van der Waals surface area contributed by atoms with Gasteiger partial charge in [-0.3, -0.25) is 4.99 Å². The summed E-state index contributed by atoms with van der Waals surface area (Å²) in [7, 11) is -3.39. The smallest absolute Gasteiger partial charge is 0.220 e. The lowest BCUT2D eigenvalue weighted by Crippen LogP contribution is -2.54. The number of hydrogen-bond donors (Lipinski definition) is 1. The van der Waals surface area contributed by atoms with Crippen molar-refractivity contribution >= 4 is 40.0 Å². The molecule has 0 bridgehead atoms. The van der Waals surface area contributed by atoms with E-state index in [0.29, 0.717) is 37.8 Å². The second-order valence-corrected chi connectivity index (χ2v) is 8.85. The van der Waals surface area contributed by atoms with E-state index < -0.39 is 10.0 Å². The number of guanidine groups is 1. The van der Waals surface area contributed by atoms with Crippen LogP contribution >= 0.6 is 24.0 Å². The fraction of sp³-hybridized carbons (Fsp3) is 0.765. The molecule has 0 saturated carbocycles. The van der Waals surface area contributed by atoms with E-state index in [0.717, 1.165) is 45.1 Å². The molecule has 2 aliphatic heterocycles. The highest BCUT2D eigenvalue weighted by Crippen LogP contribution is 2.16. The zero-order valence-electron chi connectivity index (χ0n) is 16.2. The maximum absolute atomic E-state index is 12.6. The summed E-state index contributed by atoms with van der Waals surface area (Å²) in [5.41, 5.74) is 0.434. The number of rotatable bonds is 6. The van der Waals surface area contributed by atoms with Gasteiger partial charge in [0.15, 0.2) is 5.96 Å². The Morgan fingerprint density at radius 1 is 1.29 bits per heavy atom. The first-order chi connectivity index (χ1) is 13.1. The molecule has 0 aromatic carbocycles. The molecule has 2 aliphatic rings. The van der Waals surface area contributed by atoms with Crippen molar-refractivity contribution in [1.82, 2.24) is 19.7 Å². The molecule has 0 unspecified atom stereocenters. The summed E-state index contributed by atoms with van der Waals surface area (Å²) in [5.74, 6) is 1.32. The van der Waals surface area contributed by atoms with Crippen LogP contribution in [0.3, 0.4) is 0 Å². The summed E-state index contributed by atoms with van der Waals surface area (Å²) in [6.45, 7) is 7.40. The molecule has 0 aliphatic carbocycles. The third kappa shape index (κ3) is 6.56. The van der Waals surface area contributed by atoms with E-state index in [1.54, 1.807) is 6.07 Å². The van der Waals surface area contributed by atoms with Gasteiger partial charge in [0.25, 0.3) is 0 Å². The zero-order chi connectivity index (χ0) is 19.1. The first-order valence-corrected chi connectivity index (χ1v) is 11.2. The van der Waals surface area contributed by atoms with Gasteiger partial charge >= 0.3 is 0 Å². The van der Waals surface area contributed by atoms with E-state index in [9.17, 15) is 8.42 Å². The highest BCUT2D eigenvalue weighted by atomic mass is 127. The number of hydrogen-bond acceptors (Lipinski definition) is 6. The molecule has 3 heterocycles. The van der Waals surface area contributed by atoms with Crippen LogP contribution in [0.4, 0.5) is 0 Å². The van der Waals surface area contributed by atoms with Crippen LogP contribution in [0.15, 0.2) is 21.8 Å². The van der Waals surface area contributed by atoms with Gasteiger partial charge in [-0.2, -0.15) is 4.31 Å². The Morgan fingerprint density at radius 2 is 2.00 bits per heavy atom. The van der Waals surface area contributed by atoms with Crippen LogP contribution < -0.4 is 5.32 Å². The van der Waals surface area contributed by atoms with Crippen LogP contribution in [-0.2, 0) is 20.5 Å². The average Bonchev–Trinajstić information content (AvgIpc) is 3.18. The summed E-state index contributed by atoms with van der Waals surface area (Å²) >= 11 is 0. The molecule has 1 N–H and O–H groups in total. The molecule has 11 heteroatoms. The molecule has 160 valence electrons. The maximum Gasteiger partial charge on any atom is 0.220 e. The second-order valence-electron chi connectivity index (χ2n) is 6.88. The van der Waals surface area contributed by atoms with Crippen LogP contribution in [0.5, 0.6) is 0 Å². The van der Waals surface area contributed by atoms with Gasteiger partial charge in [0.1, 0.15) is 12.0 Å². The Hall–Kier alpha value is -0.920. The normalized spacial score (nSPS) is 20.0. The van der Waals surface area contributed by atoms with Gasteiger partial charge in [-0.15, -0.1) is 24.0 Å². The monoisotopic (exact) mass is 527 g/mol. The topological polar surface area (TPSA) is 100 Å². The summed E-state index contributed by atoms with van der Waals surface area (Å²) < 4.78 is 36.8. The van der Waals surface area contributed by atoms with Crippen LogP contribution in [0.2, 0.25) is 0 Å². The molecular weight excluding hydrogens is 497 g/mol. The van der Waals surface area contributed by atoms with Gasteiger partial charge in [-0.25, -0.2) is 8.42 Å². The van der Waals surface area contributed by atoms with Gasteiger partial charge in [-0.05, 0) is 25.7 Å². The van der Waals surface area contributed by atoms with E-state index in [-0.39, 0.29) is 29.7 Å². The molecule has 9 nitrogen and oxygen atoms in total. The summed E-state index contributed by atoms with van der Waals surface area (Å²) in [4.78, 5) is 6.94. The highest BCUT2D eigenvalue weighted by molar-refractivity contribution is 14.0. The molecule has 0 radical (unpaired) electrons. The third-order valence-corrected chi connectivity index (χ3v) is 6.74. The molecule has 1 aromatic heterocycles. The Balaban J connectivity index is 0.00000280. The number of piperazine rings is 1. The van der Waals surface area contributed by atoms with E-state index in [1.807, 2.05) is 6.92 Å². The first kappa shape index (κ1) is 23.4. The Kier molecular flexibility index (Phi) is 9.44. The van der Waals surface area contributed by atoms with Crippen molar-refractivity contribution in [3.05, 3.63) is 18.0 Å². The molecule has 2 saturated heterocycles. The Morgan fingerprint density at radius 3 is 2.61 bits per heavy atom. The summed E-state index contributed by atoms with van der Waals surface area (Å²) in [5, 5.41) is 7.04. The first-order valence-electron chi connectivity index (χ1n) is 9.56. The molecule has 0 spiro atoms. The number of sulfonamides is 1. The number of aromatic nitrogens is 1. The van der Waals surface area contributed by atoms with Crippen molar-refractivity contribution in [3.8, 4) is 0 Å². The van der Waals surface area contributed by atoms with Crippen LogP contribution in [0, 0.1) is 5.92 Å². The molecule has 2 fully saturated rings. The summed E-state index contributed by atoms with van der Waals surface area (Å²) in [6, 6.07) is 1.58. The number of halogens is 1. The molecule has 3 rings (SSSR count). The Bertz CT molecular complexity index is 699. The summed E-state index contributed by atoms with van der Waals surface area (Å²) in [6.07, 6.45) is 3.49. The molecular formula is C17H30IN5O4S. The zero-order valence-corrected chi connectivity index (χ0v) is 19.4. The fourth-order valence-electron chi connectivity index (χ4n) is 3.34. The molecule has 1 aromatic rings. The predicted octanol–water partition coefficient (Wildman–Crippen LogP) is 1.13. The number of nitrogens with one attached hydrogen (secondary N) is 1. The van der Waals surface area contributed by atoms with Gasteiger partial charge in [-0.1, -0.05) is 5.16 Å². The van der Waals surface area contributed by atoms with Gasteiger partial charge in [0.2, 0.25) is 10.0 Å². The van der Waals surface area contributed by atoms with E-state index in [2.05, 4.69) is 15.4 Å². The van der Waals surface area contributed by atoms with Crippen LogP contribution in [0.25, 0.3) is 0 Å². The quantitative estimate of drug-likeness (QED) is 0.337. The maximum atomic E-state index is 12.6. The fourth-order valence-corrected chi connectivity index (χ4v) is 4.76. The van der Waals surface area contributed by atoms with Crippen LogP contribution in [-0.4, -0.2) is 81.2 Å². The average molecular weight is 527 g/mol. The van der Waals surface area contributed by atoms with Gasteiger partial charge < -0.3 is 19.5 Å². The van der Waals surface area contributed by atoms with Crippen molar-refractivity contribution < 1.29 is 17.7 Å². The Labute approximate surface area is 183 Å². The lowest BCUT2D eigenvalue weighted by atomic mass is 10.0. The van der Waals surface area contributed by atoms with E-state index in [4.69, 9.17) is 14.3 Å². The minimum absolute atomic E-state index is 0.